The van der Waals surface area contributed by atoms with Gasteiger partial charge in [-0.15, -0.1) is 6.42 Å². The fourth-order valence-electron chi connectivity index (χ4n) is 2.91. The normalized spacial score (nSPS) is 15.0. The van der Waals surface area contributed by atoms with Crippen LogP contribution in [0.2, 0.25) is 0 Å². The van der Waals surface area contributed by atoms with Crippen molar-refractivity contribution in [2.75, 3.05) is 19.6 Å². The molecule has 0 bridgehead atoms. The van der Waals surface area contributed by atoms with Crippen LogP contribution in [0.5, 0.6) is 0 Å². The summed E-state index contributed by atoms with van der Waals surface area (Å²) in [5, 5.41) is 2.18. The van der Waals surface area contributed by atoms with Gasteiger partial charge in [0.05, 0.1) is 16.3 Å². The van der Waals surface area contributed by atoms with Crippen LogP contribution in [0, 0.1) is 19.3 Å². The molecule has 170 valence electrons. The van der Waals surface area contributed by atoms with Crippen molar-refractivity contribution in [1.82, 2.24) is 14.9 Å². The summed E-state index contributed by atoms with van der Waals surface area (Å²) in [6, 6.07) is 13.0. The smallest absolute Gasteiger partial charge is 0.293 e. The Labute approximate surface area is 196 Å². The molecule has 2 aromatic carbocycles. The number of terminal acetylenes is 1. The molecule has 8 nitrogen and oxygen atoms in total. The quantitative estimate of drug-likeness (QED) is 0.440. The molecule has 2 aromatic rings. The van der Waals surface area contributed by atoms with Crippen LogP contribution in [-0.4, -0.2) is 50.0 Å². The molecule has 1 aliphatic rings. The van der Waals surface area contributed by atoms with E-state index < -0.39 is 27.1 Å². The van der Waals surface area contributed by atoms with Crippen LogP contribution < -0.4 is 10.0 Å². The van der Waals surface area contributed by atoms with Gasteiger partial charge in [0, 0.05) is 18.7 Å². The van der Waals surface area contributed by atoms with E-state index >= 15 is 0 Å². The molecule has 1 saturated heterocycles. The third-order valence-electron chi connectivity index (χ3n) is 4.64. The van der Waals surface area contributed by atoms with Gasteiger partial charge in [0.2, 0.25) is 10.0 Å². The van der Waals surface area contributed by atoms with Gasteiger partial charge >= 0.3 is 0 Å². The van der Waals surface area contributed by atoms with Crippen LogP contribution in [0.1, 0.15) is 21.5 Å². The lowest BCUT2D eigenvalue weighted by Gasteiger charge is -2.13. The van der Waals surface area contributed by atoms with Crippen molar-refractivity contribution in [3.05, 3.63) is 70.1 Å². The van der Waals surface area contributed by atoms with Gasteiger partial charge in [-0.1, -0.05) is 41.8 Å². The largest absolute Gasteiger partial charge is 0.350 e. The lowest BCUT2D eigenvalue weighted by Crippen LogP contribution is -2.37. The minimum absolute atomic E-state index is 0.0106. The van der Waals surface area contributed by atoms with Crippen LogP contribution >= 0.6 is 11.8 Å². The number of hydrogen-bond donors (Lipinski definition) is 2. The summed E-state index contributed by atoms with van der Waals surface area (Å²) in [6.45, 7) is 1.79. The van der Waals surface area contributed by atoms with Gasteiger partial charge in [0.15, 0.2) is 0 Å². The first-order valence-corrected chi connectivity index (χ1v) is 12.1. The van der Waals surface area contributed by atoms with E-state index in [9.17, 15) is 22.8 Å². The number of thioether (sulfide) groups is 1. The average Bonchev–Trinajstić information content (AvgIpc) is 3.06. The number of rotatable bonds is 8. The highest BCUT2D eigenvalue weighted by atomic mass is 32.2. The number of amides is 3. The number of aryl methyl sites for hydroxylation is 1. The Bertz CT molecular complexity index is 1260. The number of carbonyl (C=O) groups excluding carboxylic acids is 3. The van der Waals surface area contributed by atoms with E-state index in [0.29, 0.717) is 4.91 Å². The van der Waals surface area contributed by atoms with E-state index in [-0.39, 0.29) is 30.1 Å². The fourth-order valence-corrected chi connectivity index (χ4v) is 4.76. The molecule has 0 unspecified atom stereocenters. The van der Waals surface area contributed by atoms with E-state index in [4.69, 9.17) is 6.42 Å². The zero-order valence-corrected chi connectivity index (χ0v) is 19.3. The fraction of sp³-hybridized carbons (Fsp3) is 0.174. The van der Waals surface area contributed by atoms with Gasteiger partial charge in [-0.3, -0.25) is 19.3 Å². The summed E-state index contributed by atoms with van der Waals surface area (Å²) in [4.78, 5) is 38.6. The van der Waals surface area contributed by atoms with Crippen LogP contribution in [0.3, 0.4) is 0 Å². The Kier molecular flexibility index (Phi) is 7.71. The number of carbonyl (C=O) groups is 3. The molecule has 0 aliphatic carbocycles. The summed E-state index contributed by atoms with van der Waals surface area (Å²) >= 11 is 0.845. The van der Waals surface area contributed by atoms with Gasteiger partial charge in [0.1, 0.15) is 0 Å². The predicted molar refractivity (Wildman–Crippen MR) is 127 cm³/mol. The van der Waals surface area contributed by atoms with Crippen molar-refractivity contribution in [2.45, 2.75) is 11.8 Å². The van der Waals surface area contributed by atoms with E-state index in [2.05, 4.69) is 16.0 Å². The van der Waals surface area contributed by atoms with E-state index in [1.165, 1.54) is 24.3 Å². The first-order chi connectivity index (χ1) is 15.7. The summed E-state index contributed by atoms with van der Waals surface area (Å²) in [5.41, 5.74) is 2.01. The highest BCUT2D eigenvalue weighted by Gasteiger charge is 2.34. The van der Waals surface area contributed by atoms with E-state index in [0.717, 1.165) is 27.8 Å². The van der Waals surface area contributed by atoms with Gasteiger partial charge in [-0.25, -0.2) is 8.42 Å². The van der Waals surface area contributed by atoms with Crippen molar-refractivity contribution in [2.24, 2.45) is 0 Å². The van der Waals surface area contributed by atoms with Crippen molar-refractivity contribution < 1.29 is 22.8 Å². The van der Waals surface area contributed by atoms with Gasteiger partial charge < -0.3 is 5.32 Å². The van der Waals surface area contributed by atoms with Gasteiger partial charge in [-0.05, 0) is 48.5 Å². The molecule has 3 rings (SSSR count). The lowest BCUT2D eigenvalue weighted by atomic mass is 10.1. The predicted octanol–water partition coefficient (Wildman–Crippen LogP) is 2.37. The van der Waals surface area contributed by atoms with Crippen LogP contribution in [-0.2, 0) is 14.8 Å². The van der Waals surface area contributed by atoms with E-state index in [1.54, 1.807) is 6.08 Å². The van der Waals surface area contributed by atoms with Crippen molar-refractivity contribution in [1.29, 1.82) is 0 Å². The molecule has 0 radical (unpaired) electrons. The molecule has 0 aromatic heterocycles. The molecule has 33 heavy (non-hydrogen) atoms. The number of nitrogens with one attached hydrogen (secondary N) is 2. The second-order valence-corrected chi connectivity index (χ2v) is 9.82. The Morgan fingerprint density at radius 2 is 1.91 bits per heavy atom. The molecule has 1 fully saturated rings. The van der Waals surface area contributed by atoms with Crippen LogP contribution in [0.4, 0.5) is 4.79 Å². The van der Waals surface area contributed by atoms with Crippen molar-refractivity contribution in [3.63, 3.8) is 0 Å². The number of sulfonamides is 1. The second kappa shape index (κ2) is 10.5. The molecule has 1 heterocycles. The number of nitrogens with zero attached hydrogens (tertiary/aromatic N) is 1. The molecular weight excluding hydrogens is 462 g/mol. The van der Waals surface area contributed by atoms with Crippen LogP contribution in [0.25, 0.3) is 6.08 Å². The van der Waals surface area contributed by atoms with Crippen molar-refractivity contribution in [3.8, 4) is 12.3 Å². The Morgan fingerprint density at radius 1 is 1.18 bits per heavy atom. The molecule has 0 spiro atoms. The van der Waals surface area contributed by atoms with Gasteiger partial charge in [-0.2, -0.15) is 4.72 Å². The molecule has 10 heteroatoms. The first-order valence-electron chi connectivity index (χ1n) is 9.85. The highest BCUT2D eigenvalue weighted by Crippen LogP contribution is 2.31. The minimum Gasteiger partial charge on any atom is -0.350 e. The molecule has 0 atom stereocenters. The number of imide groups is 1. The topological polar surface area (TPSA) is 113 Å². The summed E-state index contributed by atoms with van der Waals surface area (Å²) in [6.07, 6.45) is 6.73. The highest BCUT2D eigenvalue weighted by molar-refractivity contribution is 8.18. The maximum Gasteiger partial charge on any atom is 0.293 e. The summed E-state index contributed by atoms with van der Waals surface area (Å²) in [7, 11) is -3.84. The molecule has 2 N–H and O–H groups in total. The molecule has 3 amide bonds. The second-order valence-electron chi connectivity index (χ2n) is 7.06. The third kappa shape index (κ3) is 6.10. The van der Waals surface area contributed by atoms with Crippen molar-refractivity contribution >= 4 is 44.9 Å². The average molecular weight is 484 g/mol. The molecule has 1 aliphatic heterocycles. The van der Waals surface area contributed by atoms with Gasteiger partial charge in [0.25, 0.3) is 17.1 Å². The van der Waals surface area contributed by atoms with Crippen LogP contribution in [0.15, 0.2) is 58.3 Å². The Balaban J connectivity index is 1.60. The molecular formula is C23H21N3O5S2. The maximum atomic E-state index is 12.6. The Morgan fingerprint density at radius 3 is 2.61 bits per heavy atom. The zero-order chi connectivity index (χ0) is 24.0. The Hall–Kier alpha value is -3.39. The first kappa shape index (κ1) is 24.3. The number of hydrogen-bond acceptors (Lipinski definition) is 6. The molecule has 0 saturated carbocycles. The standard InChI is InChI=1S/C23H21N3O5S2/c1-3-11-25-33(30,31)19-6-4-5-18(15-19)21(27)24-12-13-26-22(28)20(32-23(26)29)14-17-9-7-16(2)8-10-17/h1,4-10,14-15,25H,11-13H2,2H3,(H,24,27)/b20-14-. The van der Waals surface area contributed by atoms with E-state index in [1.807, 2.05) is 31.2 Å². The minimum atomic E-state index is -3.84. The third-order valence-corrected chi connectivity index (χ3v) is 6.95. The number of benzene rings is 2. The lowest BCUT2D eigenvalue weighted by molar-refractivity contribution is -0.122. The monoisotopic (exact) mass is 483 g/mol. The SMILES string of the molecule is C#CCNS(=O)(=O)c1cccc(C(=O)NCCN2C(=O)S/C(=C\c3ccc(C)cc3)C2=O)c1. The maximum absolute atomic E-state index is 12.6. The summed E-state index contributed by atoms with van der Waals surface area (Å²) < 4.78 is 26.6. The zero-order valence-electron chi connectivity index (χ0n) is 17.7. The summed E-state index contributed by atoms with van der Waals surface area (Å²) in [5.74, 6) is 1.22.